The molecule has 1 heterocycles. The molecule has 1 saturated heterocycles. The van der Waals surface area contributed by atoms with Gasteiger partial charge in [0.05, 0.1) is 17.5 Å². The molecule has 2 unspecified atom stereocenters. The van der Waals surface area contributed by atoms with E-state index < -0.39 is 10.0 Å². The fraction of sp³-hybridized carbons (Fsp3) is 0.571. The Morgan fingerprint density at radius 3 is 2.53 bits per heavy atom. The molecule has 0 spiro atoms. The second-order valence-electron chi connectivity index (χ2n) is 5.30. The molecule has 1 fully saturated rings. The molecule has 0 aromatic heterocycles. The number of benzene rings is 1. The van der Waals surface area contributed by atoms with Gasteiger partial charge in [-0.05, 0) is 37.8 Å². The monoisotopic (exact) mass is 283 g/mol. The third-order valence-corrected chi connectivity index (χ3v) is 5.82. The van der Waals surface area contributed by atoms with Gasteiger partial charge in [-0.2, -0.15) is 4.31 Å². The molecule has 106 valence electrons. The van der Waals surface area contributed by atoms with E-state index in [1.165, 1.54) is 4.31 Å². The van der Waals surface area contributed by atoms with Crippen molar-refractivity contribution in [1.29, 1.82) is 0 Å². The lowest BCUT2D eigenvalue weighted by Crippen LogP contribution is -2.49. The van der Waals surface area contributed by atoms with E-state index in [0.717, 1.165) is 18.4 Å². The number of aliphatic hydroxyl groups is 1. The highest BCUT2D eigenvalue weighted by Gasteiger charge is 2.36. The van der Waals surface area contributed by atoms with Crippen molar-refractivity contribution in [2.24, 2.45) is 5.92 Å². The average Bonchev–Trinajstić information content (AvgIpc) is 2.39. The summed E-state index contributed by atoms with van der Waals surface area (Å²) in [4.78, 5) is 0.311. The Morgan fingerprint density at radius 2 is 1.95 bits per heavy atom. The summed E-state index contributed by atoms with van der Waals surface area (Å²) in [6.45, 7) is 4.30. The lowest BCUT2D eigenvalue weighted by atomic mass is 9.93. The normalized spacial score (nSPS) is 25.4. The van der Waals surface area contributed by atoms with Crippen molar-refractivity contribution in [1.82, 2.24) is 4.31 Å². The van der Waals surface area contributed by atoms with Crippen molar-refractivity contribution < 1.29 is 13.5 Å². The fourth-order valence-corrected chi connectivity index (χ4v) is 4.38. The largest absolute Gasteiger partial charge is 0.395 e. The molecule has 1 aliphatic rings. The van der Waals surface area contributed by atoms with Gasteiger partial charge in [-0.15, -0.1) is 0 Å². The van der Waals surface area contributed by atoms with Gasteiger partial charge in [0, 0.05) is 6.54 Å². The molecule has 1 aliphatic heterocycles. The highest BCUT2D eigenvalue weighted by atomic mass is 32.2. The first-order valence-electron chi connectivity index (χ1n) is 6.66. The van der Waals surface area contributed by atoms with Gasteiger partial charge < -0.3 is 5.11 Å². The number of sulfonamides is 1. The first-order chi connectivity index (χ1) is 8.96. The molecule has 1 aromatic rings. The standard InChI is InChI=1S/C14H21NO3S/c1-11-5-7-13(8-6-11)19(17,18)15-9-3-4-12(2)14(15)10-16/h5-8,12,14,16H,3-4,9-10H2,1-2H3. The van der Waals surface area contributed by atoms with E-state index in [9.17, 15) is 13.5 Å². The molecular weight excluding hydrogens is 262 g/mol. The van der Waals surface area contributed by atoms with Crippen LogP contribution in [0.5, 0.6) is 0 Å². The van der Waals surface area contributed by atoms with Gasteiger partial charge in [0.2, 0.25) is 10.0 Å². The van der Waals surface area contributed by atoms with Crippen LogP contribution in [0.1, 0.15) is 25.3 Å². The van der Waals surface area contributed by atoms with Gasteiger partial charge in [-0.3, -0.25) is 0 Å². The molecule has 19 heavy (non-hydrogen) atoms. The molecule has 0 radical (unpaired) electrons. The Labute approximate surface area is 115 Å². The quantitative estimate of drug-likeness (QED) is 0.920. The van der Waals surface area contributed by atoms with E-state index in [2.05, 4.69) is 0 Å². The van der Waals surface area contributed by atoms with Crippen molar-refractivity contribution in [3.05, 3.63) is 29.8 Å². The minimum Gasteiger partial charge on any atom is -0.395 e. The van der Waals surface area contributed by atoms with Gasteiger partial charge in [0.15, 0.2) is 0 Å². The van der Waals surface area contributed by atoms with Crippen molar-refractivity contribution >= 4 is 10.0 Å². The molecule has 4 nitrogen and oxygen atoms in total. The number of hydrogen-bond donors (Lipinski definition) is 1. The highest BCUT2D eigenvalue weighted by Crippen LogP contribution is 2.28. The lowest BCUT2D eigenvalue weighted by Gasteiger charge is -2.37. The summed E-state index contributed by atoms with van der Waals surface area (Å²) >= 11 is 0. The maximum absolute atomic E-state index is 12.6. The van der Waals surface area contributed by atoms with Crippen LogP contribution in [0.2, 0.25) is 0 Å². The molecule has 2 rings (SSSR count). The molecule has 1 aromatic carbocycles. The van der Waals surface area contributed by atoms with E-state index in [4.69, 9.17) is 0 Å². The van der Waals surface area contributed by atoms with Crippen LogP contribution < -0.4 is 0 Å². The number of piperidine rings is 1. The summed E-state index contributed by atoms with van der Waals surface area (Å²) < 4.78 is 26.7. The second-order valence-corrected chi connectivity index (χ2v) is 7.19. The number of nitrogens with zero attached hydrogens (tertiary/aromatic N) is 1. The van der Waals surface area contributed by atoms with Crippen LogP contribution in [0.4, 0.5) is 0 Å². The van der Waals surface area contributed by atoms with Gasteiger partial charge in [-0.1, -0.05) is 24.6 Å². The minimum absolute atomic E-state index is 0.119. The summed E-state index contributed by atoms with van der Waals surface area (Å²) in [5.74, 6) is 0.193. The average molecular weight is 283 g/mol. The Morgan fingerprint density at radius 1 is 1.32 bits per heavy atom. The molecule has 0 amide bonds. The van der Waals surface area contributed by atoms with E-state index in [1.54, 1.807) is 24.3 Å². The van der Waals surface area contributed by atoms with Crippen molar-refractivity contribution in [3.63, 3.8) is 0 Å². The van der Waals surface area contributed by atoms with Gasteiger partial charge in [0.25, 0.3) is 0 Å². The van der Waals surface area contributed by atoms with Gasteiger partial charge >= 0.3 is 0 Å². The Kier molecular flexibility index (Phi) is 4.28. The lowest BCUT2D eigenvalue weighted by molar-refractivity contribution is 0.113. The maximum atomic E-state index is 12.6. The third-order valence-electron chi connectivity index (χ3n) is 3.88. The van der Waals surface area contributed by atoms with Gasteiger partial charge in [0.1, 0.15) is 0 Å². The summed E-state index contributed by atoms with van der Waals surface area (Å²) in [6.07, 6.45) is 1.81. The third kappa shape index (κ3) is 2.83. The van der Waals surface area contributed by atoms with Crippen LogP contribution in [0.15, 0.2) is 29.2 Å². The molecular formula is C14H21NO3S. The summed E-state index contributed by atoms with van der Waals surface area (Å²) in [5, 5.41) is 9.48. The SMILES string of the molecule is Cc1ccc(S(=O)(=O)N2CCCC(C)C2CO)cc1. The van der Waals surface area contributed by atoms with Crippen molar-refractivity contribution in [2.45, 2.75) is 37.6 Å². The van der Waals surface area contributed by atoms with Crippen LogP contribution >= 0.6 is 0 Å². The van der Waals surface area contributed by atoms with Gasteiger partial charge in [-0.25, -0.2) is 8.42 Å². The number of hydrogen-bond acceptors (Lipinski definition) is 3. The highest BCUT2D eigenvalue weighted by molar-refractivity contribution is 7.89. The second kappa shape index (κ2) is 5.61. The van der Waals surface area contributed by atoms with Crippen molar-refractivity contribution in [3.8, 4) is 0 Å². The molecule has 0 saturated carbocycles. The topological polar surface area (TPSA) is 57.6 Å². The maximum Gasteiger partial charge on any atom is 0.243 e. The number of rotatable bonds is 3. The van der Waals surface area contributed by atoms with E-state index >= 15 is 0 Å². The van der Waals surface area contributed by atoms with Crippen LogP contribution in [0.3, 0.4) is 0 Å². The van der Waals surface area contributed by atoms with Crippen LogP contribution in [0.25, 0.3) is 0 Å². The van der Waals surface area contributed by atoms with Crippen LogP contribution in [-0.2, 0) is 10.0 Å². The van der Waals surface area contributed by atoms with Crippen LogP contribution in [-0.4, -0.2) is 37.0 Å². The van der Waals surface area contributed by atoms with Crippen molar-refractivity contribution in [2.75, 3.05) is 13.2 Å². The zero-order chi connectivity index (χ0) is 14.0. The Hall–Kier alpha value is -0.910. The van der Waals surface area contributed by atoms with E-state index in [-0.39, 0.29) is 18.6 Å². The minimum atomic E-state index is -3.50. The molecule has 1 N–H and O–H groups in total. The fourth-order valence-electron chi connectivity index (χ4n) is 2.63. The van der Waals surface area contributed by atoms with Crippen LogP contribution in [0, 0.1) is 12.8 Å². The van der Waals surface area contributed by atoms with E-state index in [0.29, 0.717) is 11.4 Å². The molecule has 2 atom stereocenters. The van der Waals surface area contributed by atoms with E-state index in [1.807, 2.05) is 13.8 Å². The molecule has 0 aliphatic carbocycles. The predicted octanol–water partition coefficient (Wildman–Crippen LogP) is 1.78. The Bertz CT molecular complexity index is 524. The zero-order valence-electron chi connectivity index (χ0n) is 11.4. The number of aliphatic hydroxyl groups excluding tert-OH is 1. The molecule has 0 bridgehead atoms. The predicted molar refractivity (Wildman–Crippen MR) is 74.3 cm³/mol. The zero-order valence-corrected chi connectivity index (χ0v) is 12.2. The smallest absolute Gasteiger partial charge is 0.243 e. The summed E-state index contributed by atoms with van der Waals surface area (Å²) in [5.41, 5.74) is 1.03. The first kappa shape index (κ1) is 14.5. The summed E-state index contributed by atoms with van der Waals surface area (Å²) in [7, 11) is -3.50. The first-order valence-corrected chi connectivity index (χ1v) is 8.10. The Balaban J connectivity index is 2.35. The molecule has 5 heteroatoms. The number of aryl methyl sites for hydroxylation is 1. The summed E-state index contributed by atoms with van der Waals surface area (Å²) in [6, 6.07) is 6.57.